The van der Waals surface area contributed by atoms with Crippen LogP contribution in [0.5, 0.6) is 0 Å². The topological polar surface area (TPSA) is 73.2 Å². The first kappa shape index (κ1) is 18.4. The van der Waals surface area contributed by atoms with E-state index in [2.05, 4.69) is 10.4 Å². The number of carbonyl (C=O) groups is 2. The SMILES string of the molecule is CCOC(=O)c1c(NC(=O)/C=C/c2cnn(C)c2C)sc2c1CCCC2. The molecule has 0 saturated carbocycles. The lowest BCUT2D eigenvalue weighted by molar-refractivity contribution is -0.111. The Morgan fingerprint density at radius 1 is 1.38 bits per heavy atom. The molecule has 3 rings (SSSR count). The van der Waals surface area contributed by atoms with Crippen molar-refractivity contribution in [1.82, 2.24) is 9.78 Å². The molecule has 0 unspecified atom stereocenters. The van der Waals surface area contributed by atoms with Gasteiger partial charge in [0.05, 0.1) is 18.4 Å². The minimum atomic E-state index is -0.353. The summed E-state index contributed by atoms with van der Waals surface area (Å²) in [4.78, 5) is 26.0. The molecule has 0 atom stereocenters. The summed E-state index contributed by atoms with van der Waals surface area (Å²) in [7, 11) is 1.86. The van der Waals surface area contributed by atoms with Crippen LogP contribution >= 0.6 is 11.3 Å². The van der Waals surface area contributed by atoms with Crippen LogP contribution in [0.25, 0.3) is 6.08 Å². The zero-order valence-electron chi connectivity index (χ0n) is 15.3. The molecule has 0 bridgehead atoms. The number of anilines is 1. The molecule has 0 fully saturated rings. The molecule has 2 aromatic heterocycles. The van der Waals surface area contributed by atoms with Gasteiger partial charge < -0.3 is 10.1 Å². The number of esters is 1. The molecule has 138 valence electrons. The largest absolute Gasteiger partial charge is 0.462 e. The Morgan fingerprint density at radius 2 is 2.15 bits per heavy atom. The molecular weight excluding hydrogens is 350 g/mol. The number of rotatable bonds is 5. The van der Waals surface area contributed by atoms with Crippen LogP contribution in [-0.4, -0.2) is 28.3 Å². The van der Waals surface area contributed by atoms with E-state index in [0.29, 0.717) is 17.2 Å². The number of ether oxygens (including phenoxy) is 1. The molecule has 0 aliphatic heterocycles. The van der Waals surface area contributed by atoms with Crippen molar-refractivity contribution in [2.45, 2.75) is 39.5 Å². The minimum Gasteiger partial charge on any atom is -0.462 e. The number of thiophene rings is 1. The number of nitrogens with one attached hydrogen (secondary N) is 1. The predicted octanol–water partition coefficient (Wildman–Crippen LogP) is 3.50. The number of carbonyl (C=O) groups excluding carboxylic acids is 2. The summed E-state index contributed by atoms with van der Waals surface area (Å²) >= 11 is 1.49. The highest BCUT2D eigenvalue weighted by atomic mass is 32.1. The highest BCUT2D eigenvalue weighted by Gasteiger charge is 2.26. The molecule has 0 aromatic carbocycles. The summed E-state index contributed by atoms with van der Waals surface area (Å²) in [6.07, 6.45) is 8.90. The first-order valence-corrected chi connectivity index (χ1v) is 9.62. The van der Waals surface area contributed by atoms with Crippen LogP contribution in [0.3, 0.4) is 0 Å². The van der Waals surface area contributed by atoms with Gasteiger partial charge in [0.1, 0.15) is 5.00 Å². The summed E-state index contributed by atoms with van der Waals surface area (Å²) in [6, 6.07) is 0. The number of hydrogen-bond acceptors (Lipinski definition) is 5. The molecule has 2 heterocycles. The van der Waals surface area contributed by atoms with E-state index in [9.17, 15) is 9.59 Å². The van der Waals surface area contributed by atoms with Gasteiger partial charge in [-0.25, -0.2) is 4.79 Å². The van der Waals surface area contributed by atoms with Gasteiger partial charge in [-0.05, 0) is 51.2 Å². The number of aromatic nitrogens is 2. The molecule has 0 saturated heterocycles. The second kappa shape index (κ2) is 7.86. The Hall–Kier alpha value is -2.41. The van der Waals surface area contributed by atoms with Crippen LogP contribution in [-0.2, 0) is 29.4 Å². The number of hydrogen-bond donors (Lipinski definition) is 1. The van der Waals surface area contributed by atoms with E-state index in [1.54, 1.807) is 23.9 Å². The third-order valence-corrected chi connectivity index (χ3v) is 5.78. The fourth-order valence-corrected chi connectivity index (χ4v) is 4.35. The molecule has 2 aromatic rings. The molecule has 26 heavy (non-hydrogen) atoms. The number of fused-ring (bicyclic) bond motifs is 1. The minimum absolute atomic E-state index is 0.266. The van der Waals surface area contributed by atoms with Crippen molar-refractivity contribution in [3.8, 4) is 0 Å². The van der Waals surface area contributed by atoms with E-state index >= 15 is 0 Å². The van der Waals surface area contributed by atoms with Crippen LogP contribution in [0.1, 0.15) is 51.8 Å². The highest BCUT2D eigenvalue weighted by molar-refractivity contribution is 7.17. The van der Waals surface area contributed by atoms with E-state index in [0.717, 1.165) is 42.5 Å². The van der Waals surface area contributed by atoms with Gasteiger partial charge in [-0.15, -0.1) is 11.3 Å². The summed E-state index contributed by atoms with van der Waals surface area (Å²) in [5.41, 5.74) is 3.44. The quantitative estimate of drug-likeness (QED) is 0.643. The lowest BCUT2D eigenvalue weighted by atomic mass is 9.95. The van der Waals surface area contributed by atoms with Gasteiger partial charge in [-0.3, -0.25) is 9.48 Å². The molecule has 0 spiro atoms. The molecule has 7 heteroatoms. The van der Waals surface area contributed by atoms with E-state index in [1.165, 1.54) is 22.3 Å². The molecule has 0 radical (unpaired) electrons. The Bertz CT molecular complexity index is 864. The van der Waals surface area contributed by atoms with Gasteiger partial charge in [-0.2, -0.15) is 5.10 Å². The van der Waals surface area contributed by atoms with Crippen LogP contribution in [0.2, 0.25) is 0 Å². The molecular formula is C19H23N3O3S. The Balaban J connectivity index is 1.82. The van der Waals surface area contributed by atoms with Crippen LogP contribution in [0.15, 0.2) is 12.3 Å². The van der Waals surface area contributed by atoms with Gasteiger partial charge in [-0.1, -0.05) is 0 Å². The van der Waals surface area contributed by atoms with Crippen LogP contribution < -0.4 is 5.32 Å². The monoisotopic (exact) mass is 373 g/mol. The van der Waals surface area contributed by atoms with E-state index < -0.39 is 0 Å². The van der Waals surface area contributed by atoms with Gasteiger partial charge >= 0.3 is 5.97 Å². The average Bonchev–Trinajstić information content (AvgIpc) is 3.13. The molecule has 1 amide bonds. The van der Waals surface area contributed by atoms with Gasteiger partial charge in [0, 0.05) is 29.3 Å². The fourth-order valence-electron chi connectivity index (χ4n) is 3.07. The zero-order chi connectivity index (χ0) is 18.7. The Labute approximate surface area is 156 Å². The maximum atomic E-state index is 12.4. The molecule has 1 aliphatic rings. The van der Waals surface area contributed by atoms with Crippen molar-refractivity contribution in [3.63, 3.8) is 0 Å². The second-order valence-electron chi connectivity index (χ2n) is 6.27. The Kier molecular flexibility index (Phi) is 5.56. The van der Waals surface area contributed by atoms with Gasteiger partial charge in [0.2, 0.25) is 5.91 Å². The molecule has 6 nitrogen and oxygen atoms in total. The lowest BCUT2D eigenvalue weighted by Gasteiger charge is -2.12. The first-order chi connectivity index (χ1) is 12.5. The second-order valence-corrected chi connectivity index (χ2v) is 7.37. The van der Waals surface area contributed by atoms with Crippen LogP contribution in [0, 0.1) is 6.92 Å². The van der Waals surface area contributed by atoms with Crippen molar-refractivity contribution in [1.29, 1.82) is 0 Å². The normalized spacial score (nSPS) is 13.7. The van der Waals surface area contributed by atoms with E-state index in [-0.39, 0.29) is 11.9 Å². The third-order valence-electron chi connectivity index (χ3n) is 4.58. The summed E-state index contributed by atoms with van der Waals surface area (Å²) in [6.45, 7) is 4.04. The Morgan fingerprint density at radius 3 is 2.85 bits per heavy atom. The lowest BCUT2D eigenvalue weighted by Crippen LogP contribution is -2.14. The number of nitrogens with zero attached hydrogens (tertiary/aromatic N) is 2. The maximum Gasteiger partial charge on any atom is 0.341 e. The highest BCUT2D eigenvalue weighted by Crippen LogP contribution is 2.38. The summed E-state index contributed by atoms with van der Waals surface area (Å²) in [5, 5.41) is 7.61. The summed E-state index contributed by atoms with van der Waals surface area (Å²) in [5.74, 6) is -0.619. The third kappa shape index (κ3) is 3.72. The van der Waals surface area contributed by atoms with Crippen molar-refractivity contribution in [3.05, 3.63) is 39.5 Å². The molecule has 1 aliphatic carbocycles. The smallest absolute Gasteiger partial charge is 0.341 e. The van der Waals surface area contributed by atoms with Crippen molar-refractivity contribution < 1.29 is 14.3 Å². The van der Waals surface area contributed by atoms with E-state index in [1.807, 2.05) is 14.0 Å². The van der Waals surface area contributed by atoms with Gasteiger partial charge in [0.15, 0.2) is 0 Å². The maximum absolute atomic E-state index is 12.4. The van der Waals surface area contributed by atoms with Crippen molar-refractivity contribution >= 4 is 34.3 Å². The van der Waals surface area contributed by atoms with Gasteiger partial charge in [0.25, 0.3) is 0 Å². The van der Waals surface area contributed by atoms with Crippen molar-refractivity contribution in [2.75, 3.05) is 11.9 Å². The first-order valence-electron chi connectivity index (χ1n) is 8.80. The fraction of sp³-hybridized carbons (Fsp3) is 0.421. The molecule has 1 N–H and O–H groups in total. The van der Waals surface area contributed by atoms with E-state index in [4.69, 9.17) is 4.74 Å². The zero-order valence-corrected chi connectivity index (χ0v) is 16.1. The van der Waals surface area contributed by atoms with Crippen molar-refractivity contribution in [2.24, 2.45) is 7.05 Å². The average molecular weight is 373 g/mol. The number of amides is 1. The number of aryl methyl sites for hydroxylation is 2. The predicted molar refractivity (Wildman–Crippen MR) is 103 cm³/mol. The van der Waals surface area contributed by atoms with Crippen LogP contribution in [0.4, 0.5) is 5.00 Å². The summed E-state index contributed by atoms with van der Waals surface area (Å²) < 4.78 is 6.96. The standard InChI is InChI=1S/C19H23N3O3S/c1-4-25-19(24)17-14-7-5-6-8-15(14)26-18(17)21-16(23)10-9-13-11-20-22(3)12(13)2/h9-11H,4-8H2,1-3H3,(H,21,23)/b10-9+.